The summed E-state index contributed by atoms with van der Waals surface area (Å²) in [6.07, 6.45) is 0. The zero-order valence-corrected chi connectivity index (χ0v) is 10.3. The molecule has 0 aliphatic rings. The van der Waals surface area contributed by atoms with Crippen molar-refractivity contribution >= 4 is 10.0 Å². The van der Waals surface area contributed by atoms with Crippen LogP contribution >= 0.6 is 0 Å². The molecule has 4 nitrogen and oxygen atoms in total. The van der Waals surface area contributed by atoms with Crippen LogP contribution in [-0.2, 0) is 10.0 Å². The van der Waals surface area contributed by atoms with Gasteiger partial charge in [-0.05, 0) is 5.92 Å². The fourth-order valence-corrected chi connectivity index (χ4v) is 2.45. The molecule has 0 aromatic heterocycles. The molecule has 1 rings (SSSR count). The fraction of sp³-hybridized carbons (Fsp3) is 0.400. The minimum atomic E-state index is -4.42. The molecule has 1 aromatic carbocycles. The highest BCUT2D eigenvalue weighted by molar-refractivity contribution is 7.89. The molecule has 0 radical (unpaired) electrons. The lowest BCUT2D eigenvalue weighted by atomic mass is 10.2. The van der Waals surface area contributed by atoms with Crippen LogP contribution in [0.4, 0.5) is 13.2 Å². The van der Waals surface area contributed by atoms with Gasteiger partial charge < -0.3 is 5.11 Å². The van der Waals surface area contributed by atoms with Crippen LogP contribution in [0.5, 0.6) is 0 Å². The van der Waals surface area contributed by atoms with Crippen LogP contribution in [0.1, 0.15) is 6.92 Å². The second kappa shape index (κ2) is 5.68. The summed E-state index contributed by atoms with van der Waals surface area (Å²) < 4.78 is 64.3. The van der Waals surface area contributed by atoms with Gasteiger partial charge in [-0.1, -0.05) is 6.92 Å². The maximum Gasteiger partial charge on any atom is 0.246 e. The molecule has 0 aliphatic carbocycles. The van der Waals surface area contributed by atoms with Crippen molar-refractivity contribution in [3.63, 3.8) is 0 Å². The molecule has 102 valence electrons. The Morgan fingerprint density at radius 3 is 2.22 bits per heavy atom. The van der Waals surface area contributed by atoms with Gasteiger partial charge in [0, 0.05) is 25.3 Å². The van der Waals surface area contributed by atoms with E-state index in [4.69, 9.17) is 5.11 Å². The van der Waals surface area contributed by atoms with Gasteiger partial charge in [-0.3, -0.25) is 0 Å². The lowest BCUT2D eigenvalue weighted by molar-refractivity contribution is 0.238. The lowest BCUT2D eigenvalue weighted by Gasteiger charge is -2.11. The SMILES string of the molecule is CC(CO)CNS(=O)(=O)c1c(F)cc(F)cc1F. The predicted molar refractivity (Wildman–Crippen MR) is 57.8 cm³/mol. The van der Waals surface area contributed by atoms with Crippen molar-refractivity contribution in [2.75, 3.05) is 13.2 Å². The number of hydrogen-bond acceptors (Lipinski definition) is 3. The summed E-state index contributed by atoms with van der Waals surface area (Å²) in [5, 5.41) is 8.72. The average molecular weight is 283 g/mol. The Balaban J connectivity index is 3.06. The number of aliphatic hydroxyl groups is 1. The third-order valence-electron chi connectivity index (χ3n) is 2.17. The average Bonchev–Trinajstić information content (AvgIpc) is 2.24. The van der Waals surface area contributed by atoms with Gasteiger partial charge in [0.2, 0.25) is 10.0 Å². The Hall–Kier alpha value is -1.12. The molecule has 8 heteroatoms. The Morgan fingerprint density at radius 2 is 1.78 bits per heavy atom. The summed E-state index contributed by atoms with van der Waals surface area (Å²) in [7, 11) is -4.42. The molecule has 0 spiro atoms. The summed E-state index contributed by atoms with van der Waals surface area (Å²) in [5.41, 5.74) is 0. The lowest BCUT2D eigenvalue weighted by Crippen LogP contribution is -2.31. The maximum atomic E-state index is 13.3. The summed E-state index contributed by atoms with van der Waals surface area (Å²) in [6.45, 7) is 1.08. The van der Waals surface area contributed by atoms with Crippen molar-refractivity contribution in [2.45, 2.75) is 11.8 Å². The first-order chi connectivity index (χ1) is 8.27. The smallest absolute Gasteiger partial charge is 0.246 e. The standard InChI is InChI=1S/C10H12F3NO3S/c1-6(5-15)4-14-18(16,17)10-8(12)2-7(11)3-9(10)13/h2-3,6,14-15H,4-5H2,1H3. The van der Waals surface area contributed by atoms with E-state index in [9.17, 15) is 21.6 Å². The van der Waals surface area contributed by atoms with Crippen LogP contribution < -0.4 is 4.72 Å². The second-order valence-corrected chi connectivity index (χ2v) is 5.54. The number of rotatable bonds is 5. The molecule has 0 amide bonds. The summed E-state index contributed by atoms with van der Waals surface area (Å²) in [6, 6.07) is 0.570. The summed E-state index contributed by atoms with van der Waals surface area (Å²) >= 11 is 0. The van der Waals surface area contributed by atoms with E-state index >= 15 is 0 Å². The minimum absolute atomic E-state index is 0.185. The zero-order valence-electron chi connectivity index (χ0n) is 9.45. The number of benzene rings is 1. The molecule has 0 saturated carbocycles. The topological polar surface area (TPSA) is 66.4 Å². The van der Waals surface area contributed by atoms with Gasteiger partial charge in [0.15, 0.2) is 4.90 Å². The second-order valence-electron chi connectivity index (χ2n) is 3.84. The molecule has 0 bridgehead atoms. The molecule has 0 heterocycles. The molecule has 1 aromatic rings. The molecular weight excluding hydrogens is 271 g/mol. The first-order valence-electron chi connectivity index (χ1n) is 5.03. The first-order valence-corrected chi connectivity index (χ1v) is 6.51. The molecule has 0 fully saturated rings. The molecular formula is C10H12F3NO3S. The number of hydrogen-bond donors (Lipinski definition) is 2. The number of sulfonamides is 1. The Morgan fingerprint density at radius 1 is 1.28 bits per heavy atom. The van der Waals surface area contributed by atoms with Crippen LogP contribution in [0.3, 0.4) is 0 Å². The minimum Gasteiger partial charge on any atom is -0.396 e. The molecule has 1 atom stereocenters. The quantitative estimate of drug-likeness (QED) is 0.847. The zero-order chi connectivity index (χ0) is 13.9. The van der Waals surface area contributed by atoms with Gasteiger partial charge in [-0.15, -0.1) is 0 Å². The third kappa shape index (κ3) is 3.44. The van der Waals surface area contributed by atoms with E-state index < -0.39 is 38.3 Å². The largest absolute Gasteiger partial charge is 0.396 e. The van der Waals surface area contributed by atoms with E-state index in [0.29, 0.717) is 0 Å². The van der Waals surface area contributed by atoms with E-state index in [2.05, 4.69) is 0 Å². The van der Waals surface area contributed by atoms with E-state index in [1.807, 2.05) is 4.72 Å². The Bertz CT molecular complexity index is 510. The van der Waals surface area contributed by atoms with E-state index in [1.54, 1.807) is 6.92 Å². The van der Waals surface area contributed by atoms with Crippen molar-refractivity contribution in [3.8, 4) is 0 Å². The van der Waals surface area contributed by atoms with Gasteiger partial charge in [0.25, 0.3) is 0 Å². The van der Waals surface area contributed by atoms with Crippen molar-refractivity contribution in [1.29, 1.82) is 0 Å². The summed E-state index contributed by atoms with van der Waals surface area (Å²) in [5.74, 6) is -4.62. The highest BCUT2D eigenvalue weighted by Crippen LogP contribution is 2.19. The van der Waals surface area contributed by atoms with Crippen molar-refractivity contribution in [2.24, 2.45) is 5.92 Å². The molecule has 0 saturated heterocycles. The Kier molecular flexibility index (Phi) is 4.71. The molecule has 2 N–H and O–H groups in total. The molecule has 0 aliphatic heterocycles. The van der Waals surface area contributed by atoms with Gasteiger partial charge in [0.05, 0.1) is 0 Å². The maximum absolute atomic E-state index is 13.3. The normalized spacial score (nSPS) is 13.6. The van der Waals surface area contributed by atoms with Crippen molar-refractivity contribution in [3.05, 3.63) is 29.6 Å². The number of nitrogens with one attached hydrogen (secondary N) is 1. The van der Waals surface area contributed by atoms with Gasteiger partial charge in [-0.2, -0.15) is 0 Å². The number of aliphatic hydroxyl groups excluding tert-OH is 1. The molecule has 1 unspecified atom stereocenters. The van der Waals surface area contributed by atoms with Gasteiger partial charge >= 0.3 is 0 Å². The predicted octanol–water partition coefficient (Wildman–Crippen LogP) is 1.01. The van der Waals surface area contributed by atoms with Crippen LogP contribution in [0.2, 0.25) is 0 Å². The first kappa shape index (κ1) is 14.9. The van der Waals surface area contributed by atoms with Crippen LogP contribution in [0, 0.1) is 23.4 Å². The van der Waals surface area contributed by atoms with E-state index in [0.717, 1.165) is 0 Å². The Labute approximate surface area is 102 Å². The van der Waals surface area contributed by atoms with Gasteiger partial charge in [0.1, 0.15) is 17.5 Å². The van der Waals surface area contributed by atoms with E-state index in [-0.39, 0.29) is 25.3 Å². The summed E-state index contributed by atoms with van der Waals surface area (Å²) in [4.78, 5) is -1.23. The van der Waals surface area contributed by atoms with Crippen LogP contribution in [0.15, 0.2) is 17.0 Å². The van der Waals surface area contributed by atoms with Crippen LogP contribution in [0.25, 0.3) is 0 Å². The monoisotopic (exact) mass is 283 g/mol. The highest BCUT2D eigenvalue weighted by atomic mass is 32.2. The van der Waals surface area contributed by atoms with Crippen molar-refractivity contribution < 1.29 is 26.7 Å². The van der Waals surface area contributed by atoms with Gasteiger partial charge in [-0.25, -0.2) is 26.3 Å². The van der Waals surface area contributed by atoms with E-state index in [1.165, 1.54) is 0 Å². The van der Waals surface area contributed by atoms with Crippen LogP contribution in [-0.4, -0.2) is 26.7 Å². The third-order valence-corrected chi connectivity index (χ3v) is 3.64. The highest BCUT2D eigenvalue weighted by Gasteiger charge is 2.25. The number of halogens is 3. The fourth-order valence-electron chi connectivity index (χ4n) is 1.17. The molecule has 18 heavy (non-hydrogen) atoms. The van der Waals surface area contributed by atoms with Crippen molar-refractivity contribution in [1.82, 2.24) is 4.72 Å².